The largest absolute Gasteiger partial charge is 0.491 e. The summed E-state index contributed by atoms with van der Waals surface area (Å²) in [4.78, 5) is 0. The van der Waals surface area contributed by atoms with E-state index in [1.54, 1.807) is 18.2 Å². The first-order chi connectivity index (χ1) is 8.56. The SMILES string of the molecule is CC(C)Oc1cccc(C(O)c2ccc(Cl)o2)c1. The second kappa shape index (κ2) is 5.46. The van der Waals surface area contributed by atoms with Crippen molar-refractivity contribution in [2.24, 2.45) is 0 Å². The number of hydrogen-bond donors (Lipinski definition) is 1. The Hall–Kier alpha value is -1.45. The maximum atomic E-state index is 10.2. The molecule has 2 aromatic rings. The van der Waals surface area contributed by atoms with E-state index in [4.69, 9.17) is 20.8 Å². The third-order valence-corrected chi connectivity index (χ3v) is 2.61. The van der Waals surface area contributed by atoms with Crippen molar-refractivity contribution in [1.82, 2.24) is 0 Å². The van der Waals surface area contributed by atoms with Crippen LogP contribution in [0.3, 0.4) is 0 Å². The first kappa shape index (κ1) is 13.0. The summed E-state index contributed by atoms with van der Waals surface area (Å²) in [5.74, 6) is 1.14. The number of ether oxygens (including phenoxy) is 1. The number of rotatable bonds is 4. The molecule has 1 aromatic carbocycles. The van der Waals surface area contributed by atoms with Gasteiger partial charge in [-0.3, -0.25) is 0 Å². The first-order valence-corrected chi connectivity index (χ1v) is 6.14. The minimum Gasteiger partial charge on any atom is -0.491 e. The molecule has 0 saturated carbocycles. The van der Waals surface area contributed by atoms with Gasteiger partial charge in [-0.15, -0.1) is 0 Å². The lowest BCUT2D eigenvalue weighted by molar-refractivity contribution is 0.188. The Morgan fingerprint density at radius 2 is 2.00 bits per heavy atom. The summed E-state index contributed by atoms with van der Waals surface area (Å²) in [7, 11) is 0. The molecule has 1 aromatic heterocycles. The predicted molar refractivity (Wildman–Crippen MR) is 70.0 cm³/mol. The van der Waals surface area contributed by atoms with E-state index < -0.39 is 6.10 Å². The van der Waals surface area contributed by atoms with Crippen molar-refractivity contribution in [2.45, 2.75) is 26.1 Å². The van der Waals surface area contributed by atoms with Crippen molar-refractivity contribution in [1.29, 1.82) is 0 Å². The van der Waals surface area contributed by atoms with Gasteiger partial charge in [0.15, 0.2) is 5.22 Å². The number of aliphatic hydroxyl groups is 1. The van der Waals surface area contributed by atoms with Crippen LogP contribution in [0, 0.1) is 0 Å². The summed E-state index contributed by atoms with van der Waals surface area (Å²) in [5, 5.41) is 10.4. The van der Waals surface area contributed by atoms with Crippen LogP contribution in [-0.2, 0) is 0 Å². The number of benzene rings is 1. The van der Waals surface area contributed by atoms with Crippen molar-refractivity contribution >= 4 is 11.6 Å². The van der Waals surface area contributed by atoms with Crippen LogP contribution in [0.15, 0.2) is 40.8 Å². The third kappa shape index (κ3) is 3.06. The van der Waals surface area contributed by atoms with E-state index in [0.29, 0.717) is 11.3 Å². The summed E-state index contributed by atoms with van der Waals surface area (Å²) in [6.07, 6.45) is -0.747. The van der Waals surface area contributed by atoms with Gasteiger partial charge in [-0.25, -0.2) is 0 Å². The molecule has 2 rings (SSSR count). The fourth-order valence-electron chi connectivity index (χ4n) is 1.67. The number of hydrogen-bond acceptors (Lipinski definition) is 3. The summed E-state index contributed by atoms with van der Waals surface area (Å²) >= 11 is 5.69. The molecular weight excluding hydrogens is 252 g/mol. The molecular formula is C14H15ClO3. The molecule has 0 bridgehead atoms. The molecule has 0 aliphatic heterocycles. The molecule has 0 radical (unpaired) electrons. The van der Waals surface area contributed by atoms with Crippen molar-refractivity contribution in [2.75, 3.05) is 0 Å². The molecule has 0 amide bonds. The number of halogens is 1. The van der Waals surface area contributed by atoms with E-state index in [1.807, 2.05) is 32.0 Å². The Kier molecular flexibility index (Phi) is 3.94. The molecule has 18 heavy (non-hydrogen) atoms. The maximum absolute atomic E-state index is 10.2. The summed E-state index contributed by atoms with van der Waals surface area (Å²) in [6, 6.07) is 10.6. The van der Waals surface area contributed by atoms with Gasteiger partial charge in [-0.2, -0.15) is 0 Å². The fraction of sp³-hybridized carbons (Fsp3) is 0.286. The maximum Gasteiger partial charge on any atom is 0.193 e. The van der Waals surface area contributed by atoms with Gasteiger partial charge in [0, 0.05) is 0 Å². The molecule has 0 aliphatic carbocycles. The van der Waals surface area contributed by atoms with Gasteiger partial charge < -0.3 is 14.3 Å². The lowest BCUT2D eigenvalue weighted by atomic mass is 10.1. The Morgan fingerprint density at radius 1 is 1.22 bits per heavy atom. The highest BCUT2D eigenvalue weighted by atomic mass is 35.5. The smallest absolute Gasteiger partial charge is 0.193 e. The van der Waals surface area contributed by atoms with Crippen LogP contribution in [0.25, 0.3) is 0 Å². The van der Waals surface area contributed by atoms with Gasteiger partial charge in [-0.1, -0.05) is 12.1 Å². The first-order valence-electron chi connectivity index (χ1n) is 5.76. The predicted octanol–water partition coefficient (Wildman–Crippen LogP) is 3.80. The zero-order valence-corrected chi connectivity index (χ0v) is 11.0. The second-order valence-electron chi connectivity index (χ2n) is 4.28. The van der Waals surface area contributed by atoms with Crippen LogP contribution in [0.2, 0.25) is 5.22 Å². The molecule has 0 saturated heterocycles. The average molecular weight is 267 g/mol. The lowest BCUT2D eigenvalue weighted by Crippen LogP contribution is -2.06. The minimum absolute atomic E-state index is 0.0930. The fourth-order valence-corrected chi connectivity index (χ4v) is 1.82. The standard InChI is InChI=1S/C14H15ClO3/c1-9(2)17-11-5-3-4-10(8-11)14(16)12-6-7-13(15)18-12/h3-9,14,16H,1-2H3. The zero-order chi connectivity index (χ0) is 13.1. The molecule has 1 N–H and O–H groups in total. The molecule has 3 nitrogen and oxygen atoms in total. The summed E-state index contributed by atoms with van der Waals surface area (Å²) < 4.78 is 10.8. The van der Waals surface area contributed by atoms with Crippen molar-refractivity contribution < 1.29 is 14.3 Å². The van der Waals surface area contributed by atoms with Crippen LogP contribution >= 0.6 is 11.6 Å². The van der Waals surface area contributed by atoms with Gasteiger partial charge in [0.05, 0.1) is 6.10 Å². The Balaban J connectivity index is 2.22. The van der Waals surface area contributed by atoms with E-state index in [-0.39, 0.29) is 11.3 Å². The van der Waals surface area contributed by atoms with Crippen molar-refractivity contribution in [3.8, 4) is 5.75 Å². The second-order valence-corrected chi connectivity index (χ2v) is 4.66. The van der Waals surface area contributed by atoms with Crippen LogP contribution in [-0.4, -0.2) is 11.2 Å². The van der Waals surface area contributed by atoms with Crippen molar-refractivity contribution in [3.05, 3.63) is 52.9 Å². The van der Waals surface area contributed by atoms with E-state index >= 15 is 0 Å². The third-order valence-electron chi connectivity index (χ3n) is 2.41. The number of aliphatic hydroxyl groups excluding tert-OH is 1. The normalized spacial score (nSPS) is 12.7. The van der Waals surface area contributed by atoms with E-state index in [0.717, 1.165) is 5.75 Å². The van der Waals surface area contributed by atoms with Crippen molar-refractivity contribution in [3.63, 3.8) is 0 Å². The highest BCUT2D eigenvalue weighted by Crippen LogP contribution is 2.28. The minimum atomic E-state index is -0.840. The zero-order valence-electron chi connectivity index (χ0n) is 10.3. The van der Waals surface area contributed by atoms with Crippen LogP contribution < -0.4 is 4.74 Å². The molecule has 1 heterocycles. The monoisotopic (exact) mass is 266 g/mol. The molecule has 0 spiro atoms. The van der Waals surface area contributed by atoms with Gasteiger partial charge in [0.2, 0.25) is 0 Å². The summed E-state index contributed by atoms with van der Waals surface area (Å²) in [5.41, 5.74) is 0.708. The van der Waals surface area contributed by atoms with Gasteiger partial charge in [0.1, 0.15) is 17.6 Å². The van der Waals surface area contributed by atoms with Crippen LogP contribution in [0.1, 0.15) is 31.3 Å². The molecule has 1 atom stereocenters. The Bertz CT molecular complexity index is 519. The van der Waals surface area contributed by atoms with Gasteiger partial charge in [-0.05, 0) is 55.3 Å². The quantitative estimate of drug-likeness (QED) is 0.915. The molecule has 4 heteroatoms. The van der Waals surface area contributed by atoms with Gasteiger partial charge >= 0.3 is 0 Å². The van der Waals surface area contributed by atoms with E-state index in [1.165, 1.54) is 0 Å². The van der Waals surface area contributed by atoms with E-state index in [2.05, 4.69) is 0 Å². The van der Waals surface area contributed by atoms with Crippen LogP contribution in [0.5, 0.6) is 5.75 Å². The lowest BCUT2D eigenvalue weighted by Gasteiger charge is -2.13. The number of furan rings is 1. The summed E-state index contributed by atoms with van der Waals surface area (Å²) in [6.45, 7) is 3.91. The van der Waals surface area contributed by atoms with Gasteiger partial charge in [0.25, 0.3) is 0 Å². The molecule has 1 unspecified atom stereocenters. The topological polar surface area (TPSA) is 42.6 Å². The average Bonchev–Trinajstić information content (AvgIpc) is 2.74. The highest BCUT2D eigenvalue weighted by molar-refractivity contribution is 6.28. The Labute approximate surface area is 111 Å². The molecule has 0 aliphatic rings. The molecule has 96 valence electrons. The van der Waals surface area contributed by atoms with Crippen LogP contribution in [0.4, 0.5) is 0 Å². The van der Waals surface area contributed by atoms with E-state index in [9.17, 15) is 5.11 Å². The Morgan fingerprint density at radius 3 is 2.61 bits per heavy atom. The molecule has 0 fully saturated rings. The highest BCUT2D eigenvalue weighted by Gasteiger charge is 2.15.